The number of fused-ring (bicyclic) bond motifs is 2. The highest BCUT2D eigenvalue weighted by molar-refractivity contribution is 9.10. The van der Waals surface area contributed by atoms with E-state index in [1.807, 2.05) is 0 Å². The molecule has 1 saturated heterocycles. The number of ketones is 1. The van der Waals surface area contributed by atoms with E-state index in [4.69, 9.17) is 0 Å². The van der Waals surface area contributed by atoms with Crippen LogP contribution in [0.2, 0.25) is 0 Å². The van der Waals surface area contributed by atoms with Crippen LogP contribution in [0.15, 0.2) is 22.7 Å². The van der Waals surface area contributed by atoms with Crippen molar-refractivity contribution in [3.05, 3.63) is 28.2 Å². The Balaban J connectivity index is 2.15. The third-order valence-corrected chi connectivity index (χ3v) is 4.57. The number of Topliss-reactive ketones (excluding diaryl/α,β-unsaturated/α-hetero) is 1. The van der Waals surface area contributed by atoms with Gasteiger partial charge in [-0.1, -0.05) is 15.9 Å². The number of urea groups is 1. The third kappa shape index (κ3) is 1.78. The van der Waals surface area contributed by atoms with E-state index >= 15 is 0 Å². The monoisotopic (exact) mass is 387 g/mol. The quantitative estimate of drug-likeness (QED) is 0.462. The Morgan fingerprint density at radius 2 is 1.95 bits per heavy atom. The normalized spacial score (nSPS) is 28.7. The smallest absolute Gasteiger partial charge is 0.322 e. The first kappa shape index (κ1) is 12.6. The van der Waals surface area contributed by atoms with Gasteiger partial charge >= 0.3 is 6.03 Å². The molecule has 3 N–H and O–H groups in total. The van der Waals surface area contributed by atoms with E-state index in [2.05, 4.69) is 47.8 Å². The van der Waals surface area contributed by atoms with E-state index in [0.717, 1.165) is 4.47 Å². The fourth-order valence-corrected chi connectivity index (χ4v) is 3.14. The molecule has 0 bridgehead atoms. The number of rotatable bonds is 0. The van der Waals surface area contributed by atoms with Crippen LogP contribution in [0.3, 0.4) is 0 Å². The van der Waals surface area contributed by atoms with Crippen LogP contribution in [0.4, 0.5) is 10.5 Å². The second-order valence-corrected chi connectivity index (χ2v) is 6.42. The molecule has 3 rings (SSSR count). The van der Waals surface area contributed by atoms with Crippen LogP contribution < -0.4 is 16.0 Å². The van der Waals surface area contributed by atoms with Crippen molar-refractivity contribution in [1.82, 2.24) is 10.6 Å². The third-order valence-electron chi connectivity index (χ3n) is 3.06. The van der Waals surface area contributed by atoms with Crippen molar-refractivity contribution in [2.75, 3.05) is 5.32 Å². The van der Waals surface area contributed by atoms with Gasteiger partial charge < -0.3 is 10.6 Å². The predicted molar refractivity (Wildman–Crippen MR) is 74.2 cm³/mol. The van der Waals surface area contributed by atoms with Gasteiger partial charge in [-0.2, -0.15) is 0 Å². The van der Waals surface area contributed by atoms with E-state index in [9.17, 15) is 14.4 Å². The van der Waals surface area contributed by atoms with Crippen molar-refractivity contribution in [1.29, 1.82) is 0 Å². The number of alkyl halides is 1. The number of carbonyl (C=O) groups is 3. The molecule has 2 heterocycles. The van der Waals surface area contributed by atoms with E-state index in [0.29, 0.717) is 11.3 Å². The van der Waals surface area contributed by atoms with Gasteiger partial charge in [0.1, 0.15) is 6.04 Å². The largest absolute Gasteiger partial charge is 0.360 e. The first-order valence-electron chi connectivity index (χ1n) is 5.34. The molecule has 0 spiro atoms. The molecule has 0 unspecified atom stereocenters. The van der Waals surface area contributed by atoms with E-state index < -0.39 is 22.4 Å². The van der Waals surface area contributed by atoms with Gasteiger partial charge in [-0.25, -0.2) is 4.79 Å². The number of carbonyl (C=O) groups excluding carboxylic acids is 3. The summed E-state index contributed by atoms with van der Waals surface area (Å²) in [7, 11) is 0. The van der Waals surface area contributed by atoms with Gasteiger partial charge in [0.25, 0.3) is 5.91 Å². The van der Waals surface area contributed by atoms with Gasteiger partial charge in [-0.05, 0) is 34.1 Å². The summed E-state index contributed by atoms with van der Waals surface area (Å²) in [5.74, 6) is -0.918. The average Bonchev–Trinajstić information content (AvgIpc) is 2.34. The topological polar surface area (TPSA) is 87.3 Å². The summed E-state index contributed by atoms with van der Waals surface area (Å²) in [6, 6.07) is 3.43. The van der Waals surface area contributed by atoms with Crippen molar-refractivity contribution in [2.45, 2.75) is 10.5 Å². The van der Waals surface area contributed by atoms with Crippen molar-refractivity contribution < 1.29 is 14.4 Å². The lowest BCUT2D eigenvalue weighted by molar-refractivity contribution is -0.122. The molecule has 3 amide bonds. The molecule has 1 aromatic carbocycles. The van der Waals surface area contributed by atoms with Gasteiger partial charge in [-0.3, -0.25) is 14.9 Å². The van der Waals surface area contributed by atoms with Crippen molar-refractivity contribution >= 4 is 55.3 Å². The summed E-state index contributed by atoms with van der Waals surface area (Å²) in [5.41, 5.74) is 0.956. The van der Waals surface area contributed by atoms with Crippen LogP contribution >= 0.6 is 31.9 Å². The van der Waals surface area contributed by atoms with Gasteiger partial charge in [0.05, 0.1) is 0 Å². The molecule has 2 aliphatic heterocycles. The Morgan fingerprint density at radius 3 is 2.68 bits per heavy atom. The maximum Gasteiger partial charge on any atom is 0.322 e. The lowest BCUT2D eigenvalue weighted by atomic mass is 9.90. The van der Waals surface area contributed by atoms with E-state index in [1.165, 1.54) is 0 Å². The minimum absolute atomic E-state index is 0.324. The zero-order chi connectivity index (χ0) is 13.8. The zero-order valence-electron chi connectivity index (χ0n) is 9.29. The number of amides is 3. The number of imide groups is 1. The predicted octanol–water partition coefficient (Wildman–Crippen LogP) is 1.36. The first-order valence-corrected chi connectivity index (χ1v) is 6.93. The molecule has 1 fully saturated rings. The minimum Gasteiger partial charge on any atom is -0.360 e. The lowest BCUT2D eigenvalue weighted by Crippen LogP contribution is -2.72. The Labute approximate surface area is 124 Å². The van der Waals surface area contributed by atoms with Crippen LogP contribution in [0.25, 0.3) is 0 Å². The highest BCUT2D eigenvalue weighted by Gasteiger charge is 2.55. The molecule has 2 atom stereocenters. The summed E-state index contributed by atoms with van der Waals surface area (Å²) in [6.45, 7) is 0. The minimum atomic E-state index is -1.36. The number of hydrogen-bond acceptors (Lipinski definition) is 4. The highest BCUT2D eigenvalue weighted by Crippen LogP contribution is 2.37. The van der Waals surface area contributed by atoms with Crippen molar-refractivity contribution in [3.63, 3.8) is 0 Å². The van der Waals surface area contributed by atoms with Gasteiger partial charge in [0.2, 0.25) is 4.45 Å². The molecule has 0 aliphatic carbocycles. The zero-order valence-corrected chi connectivity index (χ0v) is 12.5. The SMILES string of the molecule is O=C1NC(=O)[C@@]2(Br)Nc3ccc(Br)cc3C(=O)[C@H]2N1. The fourth-order valence-electron chi connectivity index (χ4n) is 2.15. The van der Waals surface area contributed by atoms with E-state index in [1.54, 1.807) is 18.2 Å². The molecule has 19 heavy (non-hydrogen) atoms. The standard InChI is InChI=1S/C11H7Br2N3O3/c12-4-1-2-6-5(3-4)7(17)8-11(13,16-6)9(18)15-10(19)14-8/h1-3,8,16H,(H2,14,15,18,19)/t8-,11+/m1/s1. The van der Waals surface area contributed by atoms with Crippen LogP contribution in [-0.4, -0.2) is 28.2 Å². The number of nitrogens with one attached hydrogen (secondary N) is 3. The summed E-state index contributed by atoms with van der Waals surface area (Å²) in [6.07, 6.45) is 0. The maximum absolute atomic E-state index is 12.4. The Bertz CT molecular complexity index is 634. The molecular formula is C11H7Br2N3O3. The molecule has 0 aromatic heterocycles. The van der Waals surface area contributed by atoms with Crippen LogP contribution in [-0.2, 0) is 4.79 Å². The Kier molecular flexibility index (Phi) is 2.68. The number of halogens is 2. The Morgan fingerprint density at radius 1 is 1.21 bits per heavy atom. The Hall–Kier alpha value is -1.41. The summed E-state index contributed by atoms with van der Waals surface area (Å²) >= 11 is 6.51. The highest BCUT2D eigenvalue weighted by atomic mass is 79.9. The number of hydrogen-bond donors (Lipinski definition) is 3. The van der Waals surface area contributed by atoms with Crippen LogP contribution in [0.1, 0.15) is 10.4 Å². The molecular weight excluding hydrogens is 382 g/mol. The van der Waals surface area contributed by atoms with Crippen LogP contribution in [0.5, 0.6) is 0 Å². The number of benzene rings is 1. The second-order valence-electron chi connectivity index (χ2n) is 4.25. The van der Waals surface area contributed by atoms with Gasteiger partial charge in [0, 0.05) is 15.7 Å². The summed E-state index contributed by atoms with van der Waals surface area (Å²) in [4.78, 5) is 35.7. The molecule has 0 saturated carbocycles. The molecule has 8 heteroatoms. The molecule has 0 radical (unpaired) electrons. The molecule has 6 nitrogen and oxygen atoms in total. The molecule has 1 aromatic rings. The first-order chi connectivity index (χ1) is 8.91. The number of anilines is 1. The van der Waals surface area contributed by atoms with Crippen molar-refractivity contribution in [2.24, 2.45) is 0 Å². The van der Waals surface area contributed by atoms with E-state index in [-0.39, 0.29) is 5.78 Å². The second kappa shape index (κ2) is 4.04. The van der Waals surface area contributed by atoms with Gasteiger partial charge in [-0.15, -0.1) is 0 Å². The average molecular weight is 389 g/mol. The van der Waals surface area contributed by atoms with Crippen LogP contribution in [0, 0.1) is 0 Å². The summed E-state index contributed by atoms with van der Waals surface area (Å²) < 4.78 is -0.617. The molecule has 2 aliphatic rings. The van der Waals surface area contributed by atoms with Gasteiger partial charge in [0.15, 0.2) is 5.78 Å². The molecule has 98 valence electrons. The summed E-state index contributed by atoms with van der Waals surface area (Å²) in [5, 5.41) is 7.53. The van der Waals surface area contributed by atoms with Crippen molar-refractivity contribution in [3.8, 4) is 0 Å². The lowest BCUT2D eigenvalue weighted by Gasteiger charge is -2.42. The maximum atomic E-state index is 12.4. The fraction of sp³-hybridized carbons (Fsp3) is 0.182.